The van der Waals surface area contributed by atoms with Crippen molar-refractivity contribution in [2.24, 2.45) is 0 Å². The maximum atomic E-state index is 13.8. The topological polar surface area (TPSA) is 42.4 Å². The van der Waals surface area contributed by atoms with Crippen LogP contribution in [-0.2, 0) is 4.79 Å². The second-order valence-corrected chi connectivity index (χ2v) is 8.07. The van der Waals surface area contributed by atoms with Crippen molar-refractivity contribution in [1.82, 2.24) is 9.88 Å². The van der Waals surface area contributed by atoms with Gasteiger partial charge in [0.05, 0.1) is 10.6 Å². The summed E-state index contributed by atoms with van der Waals surface area (Å²) in [6, 6.07) is 14.9. The van der Waals surface area contributed by atoms with Gasteiger partial charge in [0.15, 0.2) is 0 Å². The minimum Gasteiger partial charge on any atom is -0.467 e. The van der Waals surface area contributed by atoms with Gasteiger partial charge in [-0.2, -0.15) is 4.98 Å². The normalized spacial score (nSPS) is 16.3. The van der Waals surface area contributed by atoms with Gasteiger partial charge in [0.1, 0.15) is 17.4 Å². The number of fused-ring (bicyclic) bond motifs is 1. The number of likely N-dealkylation sites (tertiary alicyclic amines) is 1. The predicted molar refractivity (Wildman–Crippen MR) is 109 cm³/mol. The monoisotopic (exact) mass is 398 g/mol. The van der Waals surface area contributed by atoms with Gasteiger partial charge in [0.2, 0.25) is 5.91 Å². The minimum atomic E-state index is -0.324. The number of ether oxygens (including phenoxy) is 1. The number of para-hydroxylation sites is 1. The Hall–Kier alpha value is -2.47. The summed E-state index contributed by atoms with van der Waals surface area (Å²) in [6.07, 6.45) is 2.31. The van der Waals surface area contributed by atoms with Gasteiger partial charge in [-0.05, 0) is 24.1 Å². The van der Waals surface area contributed by atoms with Crippen LogP contribution >= 0.6 is 11.3 Å². The summed E-state index contributed by atoms with van der Waals surface area (Å²) >= 11 is 1.36. The zero-order valence-electron chi connectivity index (χ0n) is 15.8. The third-order valence-electron chi connectivity index (χ3n) is 5.28. The molecule has 1 aliphatic rings. The Labute approximate surface area is 168 Å². The molecule has 28 heavy (non-hydrogen) atoms. The van der Waals surface area contributed by atoms with E-state index in [4.69, 9.17) is 4.74 Å². The highest BCUT2D eigenvalue weighted by Crippen LogP contribution is 2.31. The van der Waals surface area contributed by atoms with Crippen molar-refractivity contribution >= 4 is 27.5 Å². The molecule has 0 radical (unpaired) electrons. The quantitative estimate of drug-likeness (QED) is 0.607. The second-order valence-electron chi connectivity index (χ2n) is 7.08. The highest BCUT2D eigenvalue weighted by Gasteiger charge is 2.29. The molecule has 1 aliphatic heterocycles. The van der Waals surface area contributed by atoms with E-state index < -0.39 is 0 Å². The lowest BCUT2D eigenvalue weighted by Crippen LogP contribution is -2.43. The smallest absolute Gasteiger partial charge is 0.274 e. The molecule has 4 nitrogen and oxygen atoms in total. The first-order chi connectivity index (χ1) is 13.7. The van der Waals surface area contributed by atoms with E-state index in [1.54, 1.807) is 6.07 Å². The molecule has 146 valence electrons. The van der Waals surface area contributed by atoms with Gasteiger partial charge in [-0.3, -0.25) is 4.79 Å². The summed E-state index contributed by atoms with van der Waals surface area (Å²) in [5.74, 6) is -0.226. The van der Waals surface area contributed by atoms with Gasteiger partial charge in [-0.25, -0.2) is 4.39 Å². The fourth-order valence-electron chi connectivity index (χ4n) is 3.74. The third kappa shape index (κ3) is 3.87. The van der Waals surface area contributed by atoms with Crippen LogP contribution in [0.2, 0.25) is 0 Å². The molecule has 2 aromatic carbocycles. The number of carbonyl (C=O) groups excluding carboxylic acids is 1. The van der Waals surface area contributed by atoms with Crippen LogP contribution in [0.1, 0.15) is 37.7 Å². The summed E-state index contributed by atoms with van der Waals surface area (Å²) in [5, 5.41) is 0.501. The Morgan fingerprint density at radius 2 is 1.96 bits per heavy atom. The summed E-state index contributed by atoms with van der Waals surface area (Å²) in [6.45, 7) is 3.40. The van der Waals surface area contributed by atoms with Crippen LogP contribution in [0.25, 0.3) is 10.2 Å². The molecule has 3 aromatic rings. The number of halogens is 1. The number of benzene rings is 2. The van der Waals surface area contributed by atoms with E-state index in [1.165, 1.54) is 17.4 Å². The van der Waals surface area contributed by atoms with Crippen LogP contribution in [0, 0.1) is 5.82 Å². The number of piperidine rings is 1. The second kappa shape index (κ2) is 8.27. The lowest BCUT2D eigenvalue weighted by Gasteiger charge is -2.33. The number of rotatable bonds is 5. The molecule has 1 atom stereocenters. The minimum absolute atomic E-state index is 0.00414. The van der Waals surface area contributed by atoms with Crippen LogP contribution < -0.4 is 4.74 Å². The summed E-state index contributed by atoms with van der Waals surface area (Å²) in [4.78, 5) is 19.2. The predicted octanol–water partition coefficient (Wildman–Crippen LogP) is 5.00. The number of thiazole rings is 1. The SMILES string of the molecule is CCC(C(=O)N1CCC(Oc2nc3c(F)cccc3s2)CC1)c1ccccc1. The van der Waals surface area contributed by atoms with Crippen LogP contribution in [-0.4, -0.2) is 35.0 Å². The Bertz CT molecular complexity index is 952. The summed E-state index contributed by atoms with van der Waals surface area (Å²) in [5.41, 5.74) is 1.44. The number of hydrogen-bond donors (Lipinski definition) is 0. The van der Waals surface area contributed by atoms with Crippen LogP contribution in [0.4, 0.5) is 4.39 Å². The molecular formula is C22H23FN2O2S. The van der Waals surface area contributed by atoms with Gasteiger partial charge in [0.25, 0.3) is 5.19 Å². The maximum absolute atomic E-state index is 13.8. The molecular weight excluding hydrogens is 375 g/mol. The van der Waals surface area contributed by atoms with Gasteiger partial charge in [0, 0.05) is 25.9 Å². The maximum Gasteiger partial charge on any atom is 0.274 e. The van der Waals surface area contributed by atoms with E-state index in [0.29, 0.717) is 23.8 Å². The van der Waals surface area contributed by atoms with Crippen molar-refractivity contribution in [2.45, 2.75) is 38.2 Å². The van der Waals surface area contributed by atoms with Crippen molar-refractivity contribution in [1.29, 1.82) is 0 Å². The first kappa shape index (κ1) is 18.9. The number of hydrogen-bond acceptors (Lipinski definition) is 4. The molecule has 6 heteroatoms. The zero-order chi connectivity index (χ0) is 19.5. The average Bonchev–Trinajstić information content (AvgIpc) is 3.14. The van der Waals surface area contributed by atoms with E-state index >= 15 is 0 Å². The average molecular weight is 399 g/mol. The molecule has 0 spiro atoms. The van der Waals surface area contributed by atoms with Crippen molar-refractivity contribution in [3.63, 3.8) is 0 Å². The van der Waals surface area contributed by atoms with Crippen molar-refractivity contribution in [3.05, 3.63) is 59.9 Å². The molecule has 0 bridgehead atoms. The summed E-state index contributed by atoms with van der Waals surface area (Å²) in [7, 11) is 0. The molecule has 1 saturated heterocycles. The van der Waals surface area contributed by atoms with Crippen molar-refractivity contribution in [2.75, 3.05) is 13.1 Å². The number of amides is 1. The Balaban J connectivity index is 1.37. The molecule has 2 heterocycles. The first-order valence-electron chi connectivity index (χ1n) is 9.71. The van der Waals surface area contributed by atoms with Crippen LogP contribution in [0.3, 0.4) is 0 Å². The molecule has 0 aliphatic carbocycles. The van der Waals surface area contributed by atoms with Crippen LogP contribution in [0.15, 0.2) is 48.5 Å². The van der Waals surface area contributed by atoms with E-state index in [1.807, 2.05) is 41.3 Å². The van der Waals surface area contributed by atoms with Gasteiger partial charge in [-0.1, -0.05) is 54.7 Å². The van der Waals surface area contributed by atoms with Crippen LogP contribution in [0.5, 0.6) is 5.19 Å². The standard InChI is InChI=1S/C22H23FN2O2S/c1-2-17(15-7-4-3-5-8-15)21(26)25-13-11-16(12-14-25)27-22-24-20-18(23)9-6-10-19(20)28-22/h3-10,16-17H,2,11-14H2,1H3. The van der Waals surface area contributed by atoms with E-state index in [-0.39, 0.29) is 23.7 Å². The largest absolute Gasteiger partial charge is 0.467 e. The van der Waals surface area contributed by atoms with Gasteiger partial charge < -0.3 is 9.64 Å². The zero-order valence-corrected chi connectivity index (χ0v) is 16.6. The summed E-state index contributed by atoms with van der Waals surface area (Å²) < 4.78 is 20.6. The molecule has 0 N–H and O–H groups in total. The molecule has 1 amide bonds. The lowest BCUT2D eigenvalue weighted by molar-refractivity contribution is -0.134. The molecule has 0 saturated carbocycles. The number of carbonyl (C=O) groups is 1. The van der Waals surface area contributed by atoms with E-state index in [9.17, 15) is 9.18 Å². The van der Waals surface area contributed by atoms with Gasteiger partial charge in [-0.15, -0.1) is 0 Å². The van der Waals surface area contributed by atoms with E-state index in [0.717, 1.165) is 29.5 Å². The molecule has 1 unspecified atom stereocenters. The third-order valence-corrected chi connectivity index (χ3v) is 6.19. The Kier molecular flexibility index (Phi) is 5.57. The number of nitrogens with zero attached hydrogens (tertiary/aromatic N) is 2. The van der Waals surface area contributed by atoms with Crippen molar-refractivity contribution in [3.8, 4) is 5.19 Å². The highest BCUT2D eigenvalue weighted by atomic mass is 32.1. The fraction of sp³-hybridized carbons (Fsp3) is 0.364. The highest BCUT2D eigenvalue weighted by molar-refractivity contribution is 7.20. The van der Waals surface area contributed by atoms with Crippen molar-refractivity contribution < 1.29 is 13.9 Å². The molecule has 1 fully saturated rings. The molecule has 4 rings (SSSR count). The fourth-order valence-corrected chi connectivity index (χ4v) is 4.64. The first-order valence-corrected chi connectivity index (χ1v) is 10.5. The van der Waals surface area contributed by atoms with E-state index in [2.05, 4.69) is 11.9 Å². The molecule has 1 aromatic heterocycles. The Morgan fingerprint density at radius 1 is 1.21 bits per heavy atom. The Morgan fingerprint density at radius 3 is 2.64 bits per heavy atom. The lowest BCUT2D eigenvalue weighted by atomic mass is 9.94. The van der Waals surface area contributed by atoms with Gasteiger partial charge >= 0.3 is 0 Å². The number of aromatic nitrogens is 1.